The first-order valence-corrected chi connectivity index (χ1v) is 11.8. The fraction of sp³-hybridized carbons (Fsp3) is 0.783. The second-order valence-electron chi connectivity index (χ2n) is 10.2. The highest BCUT2D eigenvalue weighted by Gasteiger charge is 2.46. The molecule has 30 heavy (non-hydrogen) atoms. The number of piperidine rings is 2. The predicted molar refractivity (Wildman–Crippen MR) is 113 cm³/mol. The Morgan fingerprint density at radius 1 is 1.10 bits per heavy atom. The van der Waals surface area contributed by atoms with Crippen LogP contribution in [-0.4, -0.2) is 52.0 Å². The summed E-state index contributed by atoms with van der Waals surface area (Å²) in [5, 5.41) is 0. The van der Waals surface area contributed by atoms with E-state index in [1.165, 1.54) is 50.9 Å². The van der Waals surface area contributed by atoms with E-state index >= 15 is 0 Å². The molecule has 0 radical (unpaired) electrons. The molecule has 1 aliphatic carbocycles. The van der Waals surface area contributed by atoms with E-state index in [-0.39, 0.29) is 17.6 Å². The highest BCUT2D eigenvalue weighted by Crippen LogP contribution is 2.46. The van der Waals surface area contributed by atoms with Crippen LogP contribution in [0.3, 0.4) is 0 Å². The molecule has 4 heterocycles. The zero-order chi connectivity index (χ0) is 20.8. The van der Waals surface area contributed by atoms with E-state index in [1.54, 1.807) is 0 Å². The number of aromatic nitrogens is 2. The number of anilines is 1. The van der Waals surface area contributed by atoms with Gasteiger partial charge in [-0.25, -0.2) is 14.4 Å². The van der Waals surface area contributed by atoms with Crippen LogP contribution < -0.4 is 10.6 Å². The molecule has 1 aromatic heterocycles. The summed E-state index contributed by atoms with van der Waals surface area (Å²) < 4.78 is 13.2. The normalized spacial score (nSPS) is 35.4. The van der Waals surface area contributed by atoms with Crippen molar-refractivity contribution >= 4 is 11.9 Å². The summed E-state index contributed by atoms with van der Waals surface area (Å²) in [5.74, 6) is 2.27. The van der Waals surface area contributed by atoms with Crippen LogP contribution in [0.15, 0.2) is 12.4 Å². The topological polar surface area (TPSA) is 75.3 Å². The van der Waals surface area contributed by atoms with Crippen molar-refractivity contribution in [1.29, 1.82) is 0 Å². The van der Waals surface area contributed by atoms with Gasteiger partial charge in [-0.3, -0.25) is 9.69 Å². The van der Waals surface area contributed by atoms with Gasteiger partial charge in [-0.2, -0.15) is 0 Å². The molecule has 1 saturated carbocycles. The second kappa shape index (κ2) is 8.06. The molecule has 164 valence electrons. The molecule has 0 spiro atoms. The number of primary amides is 1. The van der Waals surface area contributed by atoms with Gasteiger partial charge in [0.25, 0.3) is 0 Å². The van der Waals surface area contributed by atoms with Crippen LogP contribution in [-0.2, 0) is 4.79 Å². The third kappa shape index (κ3) is 3.93. The maximum absolute atomic E-state index is 13.2. The molecule has 1 unspecified atom stereocenters. The van der Waals surface area contributed by atoms with Gasteiger partial charge < -0.3 is 10.6 Å². The fourth-order valence-electron chi connectivity index (χ4n) is 6.58. The van der Waals surface area contributed by atoms with Gasteiger partial charge in [0, 0.05) is 31.2 Å². The highest BCUT2D eigenvalue weighted by atomic mass is 19.1. The lowest BCUT2D eigenvalue weighted by Gasteiger charge is -2.46. The summed E-state index contributed by atoms with van der Waals surface area (Å²) >= 11 is 0. The van der Waals surface area contributed by atoms with Gasteiger partial charge in [-0.15, -0.1) is 0 Å². The third-order valence-corrected chi connectivity index (χ3v) is 8.33. The van der Waals surface area contributed by atoms with Crippen molar-refractivity contribution < 1.29 is 9.18 Å². The number of hydrogen-bond acceptors (Lipinski definition) is 5. The number of hydrogen-bond donors (Lipinski definition) is 1. The molecule has 1 amide bonds. The molecule has 4 fully saturated rings. The Morgan fingerprint density at radius 2 is 1.77 bits per heavy atom. The van der Waals surface area contributed by atoms with E-state index in [1.807, 2.05) is 0 Å². The van der Waals surface area contributed by atoms with Crippen LogP contribution in [0.25, 0.3) is 0 Å². The Morgan fingerprint density at radius 3 is 2.33 bits per heavy atom. The van der Waals surface area contributed by atoms with Crippen molar-refractivity contribution in [3.63, 3.8) is 0 Å². The van der Waals surface area contributed by atoms with Crippen LogP contribution in [0.2, 0.25) is 0 Å². The maximum atomic E-state index is 13.2. The van der Waals surface area contributed by atoms with Crippen molar-refractivity contribution in [3.8, 4) is 0 Å². The fourth-order valence-corrected chi connectivity index (χ4v) is 6.58. The molecule has 6 nitrogen and oxygen atoms in total. The van der Waals surface area contributed by atoms with Crippen LogP contribution >= 0.6 is 0 Å². The van der Waals surface area contributed by atoms with Gasteiger partial charge >= 0.3 is 0 Å². The molecular formula is C23H34FN5O. The molecule has 5 rings (SSSR count). The average Bonchev–Trinajstić information content (AvgIpc) is 3.53. The van der Waals surface area contributed by atoms with Crippen LogP contribution in [0.1, 0.15) is 58.3 Å². The quantitative estimate of drug-likeness (QED) is 0.773. The van der Waals surface area contributed by atoms with Crippen molar-refractivity contribution in [2.45, 2.75) is 76.4 Å². The van der Waals surface area contributed by atoms with Gasteiger partial charge in [-0.1, -0.05) is 0 Å². The molecule has 3 aliphatic heterocycles. The molecule has 3 saturated heterocycles. The minimum atomic E-state index is -0.385. The van der Waals surface area contributed by atoms with E-state index in [9.17, 15) is 9.18 Å². The molecule has 6 atom stereocenters. The molecule has 7 heteroatoms. The molecular weight excluding hydrogens is 381 g/mol. The smallest absolute Gasteiger partial charge is 0.225 e. The van der Waals surface area contributed by atoms with E-state index in [4.69, 9.17) is 5.73 Å². The van der Waals surface area contributed by atoms with E-state index < -0.39 is 0 Å². The number of fused-ring (bicyclic) bond motifs is 2. The van der Waals surface area contributed by atoms with Crippen molar-refractivity contribution in [1.82, 2.24) is 14.9 Å². The number of amides is 1. The lowest BCUT2D eigenvalue weighted by molar-refractivity contribution is -0.123. The van der Waals surface area contributed by atoms with Crippen molar-refractivity contribution in [2.24, 2.45) is 29.4 Å². The first-order chi connectivity index (χ1) is 14.5. The Kier molecular flexibility index (Phi) is 5.42. The SMILES string of the molecule is C[C@H]1C[C@@H](C2C[C@H]3CC[C@@H](C2)N3C[C@@H](C(N)=O)C2CC2)CCN1c1ncc(F)cn1. The summed E-state index contributed by atoms with van der Waals surface area (Å²) in [7, 11) is 0. The minimum Gasteiger partial charge on any atom is -0.369 e. The van der Waals surface area contributed by atoms with E-state index in [0.717, 1.165) is 37.8 Å². The predicted octanol–water partition coefficient (Wildman–Crippen LogP) is 2.98. The first kappa shape index (κ1) is 20.2. The molecule has 2 bridgehead atoms. The number of carbonyl (C=O) groups excluding carboxylic acids is 1. The Hall–Kier alpha value is -1.76. The van der Waals surface area contributed by atoms with Crippen molar-refractivity contribution in [3.05, 3.63) is 18.2 Å². The number of carbonyl (C=O) groups is 1. The third-order valence-electron chi connectivity index (χ3n) is 8.33. The zero-order valence-corrected chi connectivity index (χ0v) is 17.9. The number of rotatable bonds is 6. The maximum Gasteiger partial charge on any atom is 0.225 e. The zero-order valence-electron chi connectivity index (χ0n) is 17.9. The Balaban J connectivity index is 1.19. The summed E-state index contributed by atoms with van der Waals surface area (Å²) in [5.41, 5.74) is 5.73. The lowest BCUT2D eigenvalue weighted by Crippen LogP contribution is -2.50. The standard InChI is InChI=1S/C23H34FN5O/c1-14-8-16(6-7-28(14)23-26-11-18(24)12-27-23)17-9-19-4-5-20(10-17)29(19)13-21(22(25)30)15-2-3-15/h11-12,14-17,19-21H,2-10,13H2,1H3,(H2,25,30)/t14-,16-,17?,19-,20+,21+/m0/s1. The second-order valence-corrected chi connectivity index (χ2v) is 10.2. The summed E-state index contributed by atoms with van der Waals surface area (Å²) in [6.07, 6.45) is 12.2. The first-order valence-electron chi connectivity index (χ1n) is 11.8. The molecule has 4 aliphatic rings. The largest absolute Gasteiger partial charge is 0.369 e. The van der Waals surface area contributed by atoms with Gasteiger partial charge in [0.15, 0.2) is 5.82 Å². The molecule has 0 aromatic carbocycles. The lowest BCUT2D eigenvalue weighted by atomic mass is 9.74. The van der Waals surface area contributed by atoms with Crippen molar-refractivity contribution in [2.75, 3.05) is 18.0 Å². The monoisotopic (exact) mass is 415 g/mol. The average molecular weight is 416 g/mol. The van der Waals surface area contributed by atoms with Gasteiger partial charge in [0.2, 0.25) is 11.9 Å². The van der Waals surface area contributed by atoms with E-state index in [0.29, 0.717) is 30.0 Å². The van der Waals surface area contributed by atoms with Crippen LogP contribution in [0.5, 0.6) is 0 Å². The van der Waals surface area contributed by atoms with E-state index in [2.05, 4.69) is 26.7 Å². The highest BCUT2D eigenvalue weighted by molar-refractivity contribution is 5.77. The van der Waals surface area contributed by atoms with Crippen LogP contribution in [0, 0.1) is 29.5 Å². The van der Waals surface area contributed by atoms with Gasteiger partial charge in [-0.05, 0) is 76.0 Å². The number of halogens is 1. The van der Waals surface area contributed by atoms with Gasteiger partial charge in [0.05, 0.1) is 18.3 Å². The molecule has 2 N–H and O–H groups in total. The van der Waals surface area contributed by atoms with Crippen LogP contribution in [0.4, 0.5) is 10.3 Å². The Labute approximate surface area is 178 Å². The number of nitrogens with two attached hydrogens (primary N) is 1. The summed E-state index contributed by atoms with van der Waals surface area (Å²) in [6, 6.07) is 1.63. The van der Waals surface area contributed by atoms with Gasteiger partial charge in [0.1, 0.15) is 0 Å². The Bertz CT molecular complexity index is 755. The molecule has 1 aromatic rings. The number of nitrogens with zero attached hydrogens (tertiary/aromatic N) is 4. The summed E-state index contributed by atoms with van der Waals surface area (Å²) in [4.78, 5) is 25.2. The summed E-state index contributed by atoms with van der Waals surface area (Å²) in [6.45, 7) is 4.08. The minimum absolute atomic E-state index is 0.0589.